The number of rotatable bonds is 3. The Labute approximate surface area is 79.1 Å². The fraction of sp³-hybridized carbons (Fsp3) is 0.250. The maximum atomic E-state index is 10.8. The molecule has 0 unspecified atom stereocenters. The van der Waals surface area contributed by atoms with Gasteiger partial charge in [0.1, 0.15) is 6.29 Å². The monoisotopic (exact) mass is 174 g/mol. The van der Waals surface area contributed by atoms with Crippen LogP contribution in [0, 0.1) is 5.92 Å². The standard InChI is InChI=1S/C12H14O/c1-10(2)8-12(9-13)11-6-4-3-5-7-11/h3-10H,1-2H3/b12-8-. The van der Waals surface area contributed by atoms with E-state index in [4.69, 9.17) is 0 Å². The van der Waals surface area contributed by atoms with Crippen molar-refractivity contribution in [2.75, 3.05) is 0 Å². The van der Waals surface area contributed by atoms with Crippen molar-refractivity contribution >= 4 is 11.9 Å². The van der Waals surface area contributed by atoms with E-state index in [9.17, 15) is 4.79 Å². The van der Waals surface area contributed by atoms with Crippen LogP contribution in [-0.4, -0.2) is 6.29 Å². The summed E-state index contributed by atoms with van der Waals surface area (Å²) in [4.78, 5) is 10.8. The zero-order valence-electron chi connectivity index (χ0n) is 8.03. The van der Waals surface area contributed by atoms with Crippen LogP contribution in [-0.2, 0) is 4.79 Å². The number of benzene rings is 1. The molecule has 1 aromatic rings. The Morgan fingerprint density at radius 2 is 1.85 bits per heavy atom. The number of hydrogen-bond acceptors (Lipinski definition) is 1. The molecular weight excluding hydrogens is 160 g/mol. The van der Waals surface area contributed by atoms with Crippen LogP contribution in [0.1, 0.15) is 19.4 Å². The lowest BCUT2D eigenvalue weighted by atomic mass is 10.0. The zero-order chi connectivity index (χ0) is 9.68. The zero-order valence-corrected chi connectivity index (χ0v) is 8.03. The molecule has 0 fully saturated rings. The fourth-order valence-electron chi connectivity index (χ4n) is 1.19. The van der Waals surface area contributed by atoms with Crippen molar-refractivity contribution in [2.45, 2.75) is 13.8 Å². The third-order valence-corrected chi connectivity index (χ3v) is 1.75. The van der Waals surface area contributed by atoms with Gasteiger partial charge in [0, 0.05) is 5.57 Å². The van der Waals surface area contributed by atoms with Gasteiger partial charge in [-0.2, -0.15) is 0 Å². The van der Waals surface area contributed by atoms with Gasteiger partial charge >= 0.3 is 0 Å². The lowest BCUT2D eigenvalue weighted by Gasteiger charge is -2.01. The topological polar surface area (TPSA) is 17.1 Å². The SMILES string of the molecule is CC(C)/C=C(/C=O)c1ccccc1. The third kappa shape index (κ3) is 2.86. The summed E-state index contributed by atoms with van der Waals surface area (Å²) in [6, 6.07) is 9.71. The number of hydrogen-bond donors (Lipinski definition) is 0. The summed E-state index contributed by atoms with van der Waals surface area (Å²) >= 11 is 0. The maximum Gasteiger partial charge on any atom is 0.150 e. The Morgan fingerprint density at radius 1 is 1.23 bits per heavy atom. The van der Waals surface area contributed by atoms with E-state index in [0.29, 0.717) is 5.92 Å². The predicted octanol–water partition coefficient (Wildman–Crippen LogP) is 2.92. The minimum absolute atomic E-state index is 0.403. The number of allylic oxidation sites excluding steroid dienone is 2. The highest BCUT2D eigenvalue weighted by Crippen LogP contribution is 2.13. The molecule has 0 aliphatic rings. The smallest absolute Gasteiger partial charge is 0.150 e. The highest BCUT2D eigenvalue weighted by molar-refractivity contribution is 6.06. The number of carbonyl (C=O) groups excluding carboxylic acids is 1. The molecule has 0 aliphatic carbocycles. The minimum Gasteiger partial charge on any atom is -0.298 e. The summed E-state index contributed by atoms with van der Waals surface area (Å²) in [6.45, 7) is 4.12. The van der Waals surface area contributed by atoms with Crippen molar-refractivity contribution in [3.05, 3.63) is 42.0 Å². The van der Waals surface area contributed by atoms with Crippen LogP contribution >= 0.6 is 0 Å². The van der Waals surface area contributed by atoms with Crippen LogP contribution in [0.4, 0.5) is 0 Å². The maximum absolute atomic E-state index is 10.8. The Morgan fingerprint density at radius 3 is 2.31 bits per heavy atom. The molecule has 0 bridgehead atoms. The molecule has 0 saturated heterocycles. The Bertz CT molecular complexity index is 296. The third-order valence-electron chi connectivity index (χ3n) is 1.75. The normalized spacial score (nSPS) is 11.8. The molecule has 0 N–H and O–H groups in total. The molecule has 0 radical (unpaired) electrons. The Hall–Kier alpha value is -1.37. The molecule has 13 heavy (non-hydrogen) atoms. The van der Waals surface area contributed by atoms with E-state index < -0.39 is 0 Å². The van der Waals surface area contributed by atoms with Crippen molar-refractivity contribution in [3.63, 3.8) is 0 Å². The minimum atomic E-state index is 0.403. The average Bonchev–Trinajstić information content (AvgIpc) is 2.15. The molecular formula is C12H14O. The van der Waals surface area contributed by atoms with E-state index in [-0.39, 0.29) is 0 Å². The summed E-state index contributed by atoms with van der Waals surface area (Å²) in [7, 11) is 0. The van der Waals surface area contributed by atoms with Gasteiger partial charge in [-0.1, -0.05) is 50.3 Å². The van der Waals surface area contributed by atoms with Gasteiger partial charge in [0.15, 0.2) is 0 Å². The van der Waals surface area contributed by atoms with E-state index in [1.54, 1.807) is 0 Å². The second kappa shape index (κ2) is 4.61. The molecule has 1 aromatic carbocycles. The van der Waals surface area contributed by atoms with E-state index in [2.05, 4.69) is 13.8 Å². The van der Waals surface area contributed by atoms with Gasteiger partial charge in [0.2, 0.25) is 0 Å². The van der Waals surface area contributed by atoms with Gasteiger partial charge in [-0.05, 0) is 11.5 Å². The summed E-state index contributed by atoms with van der Waals surface area (Å²) < 4.78 is 0. The van der Waals surface area contributed by atoms with Crippen LogP contribution < -0.4 is 0 Å². The molecule has 0 aliphatic heterocycles. The predicted molar refractivity (Wildman–Crippen MR) is 55.3 cm³/mol. The average molecular weight is 174 g/mol. The van der Waals surface area contributed by atoms with Gasteiger partial charge in [0.25, 0.3) is 0 Å². The van der Waals surface area contributed by atoms with Crippen LogP contribution in [0.25, 0.3) is 5.57 Å². The molecule has 0 amide bonds. The van der Waals surface area contributed by atoms with Crippen molar-refractivity contribution in [3.8, 4) is 0 Å². The van der Waals surface area contributed by atoms with Gasteiger partial charge < -0.3 is 0 Å². The highest BCUT2D eigenvalue weighted by Gasteiger charge is 1.99. The lowest BCUT2D eigenvalue weighted by molar-refractivity contribution is -0.103. The molecule has 1 heteroatoms. The van der Waals surface area contributed by atoms with Crippen LogP contribution in [0.2, 0.25) is 0 Å². The van der Waals surface area contributed by atoms with Gasteiger partial charge in [-0.15, -0.1) is 0 Å². The fourth-order valence-corrected chi connectivity index (χ4v) is 1.19. The van der Waals surface area contributed by atoms with E-state index in [1.165, 1.54) is 0 Å². The van der Waals surface area contributed by atoms with Gasteiger partial charge in [0.05, 0.1) is 0 Å². The molecule has 0 saturated carbocycles. The molecule has 0 atom stereocenters. The molecule has 68 valence electrons. The van der Waals surface area contributed by atoms with Crippen LogP contribution in [0.15, 0.2) is 36.4 Å². The van der Waals surface area contributed by atoms with Crippen molar-refractivity contribution in [1.82, 2.24) is 0 Å². The van der Waals surface area contributed by atoms with Crippen LogP contribution in [0.3, 0.4) is 0 Å². The molecule has 0 heterocycles. The quantitative estimate of drug-likeness (QED) is 0.508. The molecule has 0 aromatic heterocycles. The van der Waals surface area contributed by atoms with Crippen molar-refractivity contribution < 1.29 is 4.79 Å². The highest BCUT2D eigenvalue weighted by atomic mass is 16.1. The Balaban J connectivity index is 2.98. The number of aldehydes is 1. The Kier molecular flexibility index (Phi) is 3.44. The summed E-state index contributed by atoms with van der Waals surface area (Å²) in [5.41, 5.74) is 1.77. The molecule has 1 rings (SSSR count). The summed E-state index contributed by atoms with van der Waals surface area (Å²) in [5, 5.41) is 0. The van der Waals surface area contributed by atoms with Crippen molar-refractivity contribution in [2.24, 2.45) is 5.92 Å². The first-order valence-corrected chi connectivity index (χ1v) is 4.46. The first-order chi connectivity index (χ1) is 6.24. The largest absolute Gasteiger partial charge is 0.298 e. The second-order valence-electron chi connectivity index (χ2n) is 3.35. The molecule has 1 nitrogen and oxygen atoms in total. The second-order valence-corrected chi connectivity index (χ2v) is 3.35. The summed E-state index contributed by atoms with van der Waals surface area (Å²) in [5.74, 6) is 0.403. The molecule has 0 spiro atoms. The van der Waals surface area contributed by atoms with E-state index >= 15 is 0 Å². The summed E-state index contributed by atoms with van der Waals surface area (Å²) in [6.07, 6.45) is 2.89. The van der Waals surface area contributed by atoms with E-state index in [0.717, 1.165) is 17.4 Å². The first kappa shape index (κ1) is 9.72. The van der Waals surface area contributed by atoms with Crippen molar-refractivity contribution in [1.29, 1.82) is 0 Å². The van der Waals surface area contributed by atoms with Gasteiger partial charge in [-0.3, -0.25) is 4.79 Å². The van der Waals surface area contributed by atoms with Crippen LogP contribution in [0.5, 0.6) is 0 Å². The van der Waals surface area contributed by atoms with E-state index in [1.807, 2.05) is 36.4 Å². The first-order valence-electron chi connectivity index (χ1n) is 4.46. The lowest BCUT2D eigenvalue weighted by Crippen LogP contribution is -1.88. The number of carbonyl (C=O) groups is 1. The van der Waals surface area contributed by atoms with Gasteiger partial charge in [-0.25, -0.2) is 0 Å².